The minimum atomic E-state index is -3.91. The van der Waals surface area contributed by atoms with Gasteiger partial charge in [-0.25, -0.2) is 13.5 Å². The Balaban J connectivity index is 2.20. The summed E-state index contributed by atoms with van der Waals surface area (Å²) in [7, 11) is -3.91. The third-order valence-corrected chi connectivity index (χ3v) is 4.35. The number of aliphatic imine (C=N–C) groups is 1. The van der Waals surface area contributed by atoms with Gasteiger partial charge in [0.1, 0.15) is 11.0 Å². The normalized spacial score (nSPS) is 16.9. The molecule has 1 atom stereocenters. The van der Waals surface area contributed by atoms with E-state index < -0.39 is 21.7 Å². The van der Waals surface area contributed by atoms with E-state index >= 15 is 0 Å². The van der Waals surface area contributed by atoms with Crippen molar-refractivity contribution >= 4 is 21.8 Å². The van der Waals surface area contributed by atoms with Gasteiger partial charge in [0.15, 0.2) is 28.0 Å². The van der Waals surface area contributed by atoms with Crippen LogP contribution in [0.25, 0.3) is 0 Å². The molecule has 1 radical (unpaired) electrons. The van der Waals surface area contributed by atoms with Gasteiger partial charge in [-0.1, -0.05) is 0 Å². The van der Waals surface area contributed by atoms with Crippen molar-refractivity contribution in [3.63, 3.8) is 0 Å². The molecule has 0 fully saturated rings. The average molecular weight is 295 g/mol. The van der Waals surface area contributed by atoms with E-state index in [1.54, 1.807) is 0 Å². The van der Waals surface area contributed by atoms with Crippen molar-refractivity contribution in [2.45, 2.75) is 17.4 Å². The molecule has 8 heteroatoms. The maximum Gasteiger partial charge on any atom is 0.199 e. The Labute approximate surface area is 115 Å². The van der Waals surface area contributed by atoms with Crippen LogP contribution in [0.1, 0.15) is 6.42 Å². The Morgan fingerprint density at radius 1 is 1.45 bits per heavy atom. The van der Waals surface area contributed by atoms with Gasteiger partial charge < -0.3 is 5.21 Å². The molecular formula is C12H11N2O5S. The Bertz CT molecular complexity index is 694. The topological polar surface area (TPSA) is 110 Å². The van der Waals surface area contributed by atoms with Crippen LogP contribution in [0.2, 0.25) is 0 Å². The fourth-order valence-corrected chi connectivity index (χ4v) is 2.99. The molecule has 1 aliphatic rings. The molecule has 0 saturated carbocycles. The van der Waals surface area contributed by atoms with Gasteiger partial charge >= 0.3 is 0 Å². The van der Waals surface area contributed by atoms with Crippen molar-refractivity contribution < 1.29 is 23.0 Å². The smallest absolute Gasteiger partial charge is 0.199 e. The van der Waals surface area contributed by atoms with Crippen LogP contribution in [-0.4, -0.2) is 32.3 Å². The molecule has 1 aromatic rings. The number of ketones is 1. The van der Waals surface area contributed by atoms with E-state index in [-0.39, 0.29) is 22.8 Å². The summed E-state index contributed by atoms with van der Waals surface area (Å²) >= 11 is 0. The highest BCUT2D eigenvalue weighted by molar-refractivity contribution is 7.91. The van der Waals surface area contributed by atoms with Gasteiger partial charge in [-0.3, -0.25) is 9.79 Å². The quantitative estimate of drug-likeness (QED) is 0.566. The second kappa shape index (κ2) is 5.51. The second-order valence-electron chi connectivity index (χ2n) is 4.22. The van der Waals surface area contributed by atoms with Crippen molar-refractivity contribution in [1.82, 2.24) is 0 Å². The molecule has 1 aromatic heterocycles. The van der Waals surface area contributed by atoms with Crippen LogP contribution in [0.3, 0.4) is 0 Å². The third-order valence-electron chi connectivity index (χ3n) is 2.65. The minimum Gasteiger partial charge on any atom is -0.619 e. The summed E-state index contributed by atoms with van der Waals surface area (Å²) in [5.74, 6) is -1.04. The van der Waals surface area contributed by atoms with Crippen molar-refractivity contribution in [2.24, 2.45) is 4.99 Å². The molecule has 0 amide bonds. The monoisotopic (exact) mass is 295 g/mol. The molecule has 2 rings (SSSR count). The van der Waals surface area contributed by atoms with E-state index in [0.29, 0.717) is 4.73 Å². The highest BCUT2D eigenvalue weighted by atomic mass is 32.2. The summed E-state index contributed by atoms with van der Waals surface area (Å²) in [5.41, 5.74) is -0.101. The van der Waals surface area contributed by atoms with Gasteiger partial charge in [0.2, 0.25) is 0 Å². The van der Waals surface area contributed by atoms with Crippen LogP contribution >= 0.6 is 0 Å². The second-order valence-corrected chi connectivity index (χ2v) is 6.26. The average Bonchev–Trinajstić information content (AvgIpc) is 2.38. The lowest BCUT2D eigenvalue weighted by Crippen LogP contribution is -2.28. The minimum absolute atomic E-state index is 0.101. The number of hydrogen-bond donors (Lipinski definition) is 0. The first-order valence-corrected chi connectivity index (χ1v) is 7.38. The molecule has 0 bridgehead atoms. The summed E-state index contributed by atoms with van der Waals surface area (Å²) < 4.78 is 24.3. The van der Waals surface area contributed by atoms with Crippen LogP contribution in [0.4, 0.5) is 0 Å². The maximum atomic E-state index is 12.0. The van der Waals surface area contributed by atoms with Gasteiger partial charge in [0.25, 0.3) is 0 Å². The summed E-state index contributed by atoms with van der Waals surface area (Å²) in [6.07, 6.45) is 2.81. The number of allylic oxidation sites excluding steroid dienone is 1. The van der Waals surface area contributed by atoms with E-state index in [2.05, 4.69) is 4.99 Å². The molecule has 0 spiro atoms. The Kier molecular flexibility index (Phi) is 3.96. The number of pyridine rings is 1. The maximum absolute atomic E-state index is 12.0. The molecule has 7 nitrogen and oxygen atoms in total. The number of carbonyl (C=O) groups excluding carboxylic acids is 1. The summed E-state index contributed by atoms with van der Waals surface area (Å²) in [5, 5.41) is 23.0. The fraction of sp³-hybridized carbons (Fsp3) is 0.250. The standard InChI is InChI=1S/C12H11N2O5S/c15-9-3-4-13-11(6-9)12(16)8-20(18,19)10-2-1-5-14(17)7-10/h1-2,4-7,12H,3,8H2. The van der Waals surface area contributed by atoms with Crippen molar-refractivity contribution in [3.05, 3.63) is 41.5 Å². The molecule has 0 saturated heterocycles. The Morgan fingerprint density at radius 2 is 2.20 bits per heavy atom. The van der Waals surface area contributed by atoms with Gasteiger partial charge in [0.05, 0.1) is 11.4 Å². The molecular weight excluding hydrogens is 284 g/mol. The first-order valence-electron chi connectivity index (χ1n) is 5.73. The largest absolute Gasteiger partial charge is 0.619 e. The molecule has 105 valence electrons. The van der Waals surface area contributed by atoms with Gasteiger partial charge in [-0.05, 0) is 6.07 Å². The summed E-state index contributed by atoms with van der Waals surface area (Å²) in [6.45, 7) is 0. The first kappa shape index (κ1) is 14.4. The van der Waals surface area contributed by atoms with E-state index in [1.807, 2.05) is 0 Å². The molecule has 20 heavy (non-hydrogen) atoms. The molecule has 1 unspecified atom stereocenters. The SMILES string of the molecule is [O]C(CS(=O)(=O)c1ccc[n+]([O-])c1)C1=CC(=O)CC=N1. The predicted molar refractivity (Wildman–Crippen MR) is 68.1 cm³/mol. The van der Waals surface area contributed by atoms with Gasteiger partial charge in [-0.15, -0.1) is 0 Å². The zero-order valence-corrected chi connectivity index (χ0v) is 11.1. The zero-order chi connectivity index (χ0) is 14.8. The lowest BCUT2D eigenvalue weighted by molar-refractivity contribution is -0.607. The lowest BCUT2D eigenvalue weighted by atomic mass is 10.1. The molecule has 0 aromatic carbocycles. The number of rotatable bonds is 4. The predicted octanol–water partition coefficient (Wildman–Crippen LogP) is -0.180. The number of nitrogens with zero attached hydrogens (tertiary/aromatic N) is 2. The zero-order valence-electron chi connectivity index (χ0n) is 10.3. The highest BCUT2D eigenvalue weighted by Gasteiger charge is 2.26. The van der Waals surface area contributed by atoms with Crippen LogP contribution in [0.15, 0.2) is 46.2 Å². The third kappa shape index (κ3) is 3.28. The van der Waals surface area contributed by atoms with Crippen molar-refractivity contribution in [2.75, 3.05) is 5.75 Å². The summed E-state index contributed by atoms with van der Waals surface area (Å²) in [6, 6.07) is 2.52. The van der Waals surface area contributed by atoms with E-state index in [1.165, 1.54) is 18.3 Å². The number of carbonyl (C=O) groups is 1. The number of hydrogen-bond acceptors (Lipinski definition) is 5. The molecule has 0 aliphatic carbocycles. The van der Waals surface area contributed by atoms with Crippen LogP contribution < -0.4 is 4.73 Å². The van der Waals surface area contributed by atoms with Gasteiger partial charge in [-0.2, -0.15) is 4.73 Å². The first-order chi connectivity index (χ1) is 9.38. The van der Waals surface area contributed by atoms with Crippen molar-refractivity contribution in [1.29, 1.82) is 0 Å². The van der Waals surface area contributed by atoms with E-state index in [9.17, 15) is 23.5 Å². The fourth-order valence-electron chi connectivity index (χ4n) is 1.68. The van der Waals surface area contributed by atoms with Crippen LogP contribution in [-0.2, 0) is 19.7 Å². The number of aromatic nitrogens is 1. The van der Waals surface area contributed by atoms with Crippen LogP contribution in [0, 0.1) is 5.21 Å². The Morgan fingerprint density at radius 3 is 2.85 bits per heavy atom. The van der Waals surface area contributed by atoms with Gasteiger partial charge in [0, 0.05) is 24.8 Å². The lowest BCUT2D eigenvalue weighted by Gasteiger charge is -2.11. The van der Waals surface area contributed by atoms with Crippen molar-refractivity contribution in [3.8, 4) is 0 Å². The molecule has 0 N–H and O–H groups in total. The Hall–Kier alpha value is -2.06. The van der Waals surface area contributed by atoms with Crippen LogP contribution in [0.5, 0.6) is 0 Å². The molecule has 2 heterocycles. The molecule has 1 aliphatic heterocycles. The van der Waals surface area contributed by atoms with E-state index in [4.69, 9.17) is 0 Å². The highest BCUT2D eigenvalue weighted by Crippen LogP contribution is 2.16. The van der Waals surface area contributed by atoms with E-state index in [0.717, 1.165) is 18.5 Å². The number of sulfone groups is 1. The summed E-state index contributed by atoms with van der Waals surface area (Å²) in [4.78, 5) is 14.7.